The number of halogens is 1. The minimum absolute atomic E-state index is 0. The Morgan fingerprint density at radius 3 is 2.58 bits per heavy atom. The van der Waals surface area contributed by atoms with Gasteiger partial charge in [-0.3, -0.25) is 4.79 Å². The molecule has 1 aromatic carbocycles. The lowest BCUT2D eigenvalue weighted by molar-refractivity contribution is -0.139. The van der Waals surface area contributed by atoms with E-state index in [0.29, 0.717) is 5.91 Å². The third kappa shape index (κ3) is 4.22. The van der Waals surface area contributed by atoms with Crippen LogP contribution < -0.4 is 10.1 Å². The fraction of sp³-hybridized carbons (Fsp3) is 0.632. The average molecular weight is 353 g/mol. The zero-order chi connectivity index (χ0) is 16.1. The third-order valence-electron chi connectivity index (χ3n) is 5.23. The Morgan fingerprint density at radius 1 is 1.17 bits per heavy atom. The van der Waals surface area contributed by atoms with Gasteiger partial charge in [0.25, 0.3) is 0 Å². The Hall–Kier alpha value is -1.26. The van der Waals surface area contributed by atoms with Gasteiger partial charge in [-0.25, -0.2) is 0 Å². The van der Waals surface area contributed by atoms with E-state index in [-0.39, 0.29) is 24.4 Å². The summed E-state index contributed by atoms with van der Waals surface area (Å²) in [5.41, 5.74) is 1.11. The molecule has 1 atom stereocenters. The summed E-state index contributed by atoms with van der Waals surface area (Å²) in [6, 6.07) is 8.16. The molecule has 1 aromatic rings. The standard InChI is InChI=1S/C19H28N2O2.ClH/c1-23-18-11-7-6-10-16(18)17-14-20-12-13-21(17)19(22)15-8-4-2-3-5-9-15;/h6-7,10-11,15,17,20H,2-5,8-9,12-14H2,1H3;1H. The fourth-order valence-corrected chi connectivity index (χ4v) is 3.95. The van der Waals surface area contributed by atoms with Crippen LogP contribution in [0.15, 0.2) is 24.3 Å². The number of nitrogens with zero attached hydrogens (tertiary/aromatic N) is 1. The number of benzene rings is 1. The molecule has 1 N–H and O–H groups in total. The summed E-state index contributed by atoms with van der Waals surface area (Å²) in [5, 5.41) is 3.44. The van der Waals surface area contributed by atoms with Crippen molar-refractivity contribution in [1.29, 1.82) is 0 Å². The number of ether oxygens (including phenoxy) is 1. The van der Waals surface area contributed by atoms with Crippen molar-refractivity contribution in [3.63, 3.8) is 0 Å². The molecular formula is C19H29ClN2O2. The monoisotopic (exact) mass is 352 g/mol. The van der Waals surface area contributed by atoms with Gasteiger partial charge in [0.2, 0.25) is 5.91 Å². The zero-order valence-corrected chi connectivity index (χ0v) is 15.3. The van der Waals surface area contributed by atoms with Gasteiger partial charge in [0.15, 0.2) is 0 Å². The van der Waals surface area contributed by atoms with Crippen LogP contribution in [0.4, 0.5) is 0 Å². The first-order valence-corrected chi connectivity index (χ1v) is 8.95. The van der Waals surface area contributed by atoms with E-state index in [1.165, 1.54) is 25.7 Å². The molecule has 0 radical (unpaired) electrons. The normalized spacial score (nSPS) is 22.4. The predicted octanol–water partition coefficient (Wildman–Crippen LogP) is 3.56. The molecule has 0 spiro atoms. The van der Waals surface area contributed by atoms with Gasteiger partial charge in [0.1, 0.15) is 5.75 Å². The summed E-state index contributed by atoms with van der Waals surface area (Å²) in [6.45, 7) is 2.47. The smallest absolute Gasteiger partial charge is 0.226 e. The summed E-state index contributed by atoms with van der Waals surface area (Å²) >= 11 is 0. The highest BCUT2D eigenvalue weighted by Crippen LogP contribution is 2.33. The van der Waals surface area contributed by atoms with Crippen LogP contribution in [0.2, 0.25) is 0 Å². The van der Waals surface area contributed by atoms with Crippen molar-refractivity contribution in [1.82, 2.24) is 10.2 Å². The first-order valence-electron chi connectivity index (χ1n) is 8.95. The van der Waals surface area contributed by atoms with Crippen molar-refractivity contribution >= 4 is 18.3 Å². The number of rotatable bonds is 3. The highest BCUT2D eigenvalue weighted by atomic mass is 35.5. The third-order valence-corrected chi connectivity index (χ3v) is 5.23. The van der Waals surface area contributed by atoms with Gasteiger partial charge in [-0.05, 0) is 18.9 Å². The first-order chi connectivity index (χ1) is 11.3. The molecule has 1 heterocycles. The molecule has 1 amide bonds. The van der Waals surface area contributed by atoms with Gasteiger partial charge >= 0.3 is 0 Å². The van der Waals surface area contributed by atoms with Crippen molar-refractivity contribution in [2.45, 2.75) is 44.6 Å². The summed E-state index contributed by atoms with van der Waals surface area (Å²) in [7, 11) is 1.70. The van der Waals surface area contributed by atoms with Crippen molar-refractivity contribution < 1.29 is 9.53 Å². The van der Waals surface area contributed by atoms with Gasteiger partial charge in [-0.1, -0.05) is 43.9 Å². The Balaban J connectivity index is 0.00000208. The molecule has 1 saturated carbocycles. The molecule has 1 aliphatic carbocycles. The predicted molar refractivity (Wildman–Crippen MR) is 98.8 cm³/mol. The van der Waals surface area contributed by atoms with Crippen LogP contribution in [0.3, 0.4) is 0 Å². The van der Waals surface area contributed by atoms with E-state index in [1.54, 1.807) is 7.11 Å². The van der Waals surface area contributed by atoms with Crippen LogP contribution in [-0.4, -0.2) is 37.6 Å². The second-order valence-corrected chi connectivity index (χ2v) is 6.68. The van der Waals surface area contributed by atoms with Crippen LogP contribution in [0.5, 0.6) is 5.75 Å². The minimum Gasteiger partial charge on any atom is -0.496 e. The van der Waals surface area contributed by atoms with E-state index >= 15 is 0 Å². The second kappa shape index (κ2) is 9.28. The van der Waals surface area contributed by atoms with Crippen molar-refractivity contribution in [2.24, 2.45) is 5.92 Å². The maximum Gasteiger partial charge on any atom is 0.226 e. The van der Waals surface area contributed by atoms with E-state index < -0.39 is 0 Å². The largest absolute Gasteiger partial charge is 0.496 e. The lowest BCUT2D eigenvalue weighted by Gasteiger charge is -2.39. The Labute approximate surface area is 151 Å². The lowest BCUT2D eigenvalue weighted by atomic mass is 9.95. The molecule has 4 nitrogen and oxygen atoms in total. The van der Waals surface area contributed by atoms with E-state index in [9.17, 15) is 4.79 Å². The molecule has 5 heteroatoms. The van der Waals surface area contributed by atoms with Crippen LogP contribution in [0, 0.1) is 5.92 Å². The molecule has 1 unspecified atom stereocenters. The number of amides is 1. The average Bonchev–Trinajstić information content (AvgIpc) is 2.90. The van der Waals surface area contributed by atoms with Gasteiger partial charge in [0, 0.05) is 31.1 Å². The number of piperazine rings is 1. The Kier molecular flexibility index (Phi) is 7.38. The van der Waals surface area contributed by atoms with Crippen LogP contribution in [0.1, 0.15) is 50.1 Å². The number of hydrogen-bond acceptors (Lipinski definition) is 3. The molecule has 3 rings (SSSR count). The quantitative estimate of drug-likeness (QED) is 0.846. The number of nitrogens with one attached hydrogen (secondary N) is 1. The van der Waals surface area contributed by atoms with Gasteiger partial charge in [-0.2, -0.15) is 0 Å². The number of hydrogen-bond donors (Lipinski definition) is 1. The highest BCUT2D eigenvalue weighted by Gasteiger charge is 2.33. The van der Waals surface area contributed by atoms with Crippen molar-refractivity contribution in [3.8, 4) is 5.75 Å². The molecule has 2 fully saturated rings. The number of para-hydroxylation sites is 1. The summed E-state index contributed by atoms with van der Waals surface area (Å²) in [5.74, 6) is 1.44. The van der Waals surface area contributed by atoms with Gasteiger partial charge in [-0.15, -0.1) is 12.4 Å². The number of carbonyl (C=O) groups is 1. The van der Waals surface area contributed by atoms with E-state index in [0.717, 1.165) is 43.8 Å². The van der Waals surface area contributed by atoms with Gasteiger partial charge < -0.3 is 15.0 Å². The highest BCUT2D eigenvalue weighted by molar-refractivity contribution is 5.85. The zero-order valence-electron chi connectivity index (χ0n) is 14.5. The molecule has 1 saturated heterocycles. The Bertz CT molecular complexity index is 530. The second-order valence-electron chi connectivity index (χ2n) is 6.68. The maximum atomic E-state index is 13.1. The van der Waals surface area contributed by atoms with E-state index in [2.05, 4.69) is 16.3 Å². The molecule has 134 valence electrons. The van der Waals surface area contributed by atoms with E-state index in [4.69, 9.17) is 4.74 Å². The summed E-state index contributed by atoms with van der Waals surface area (Å²) in [6.07, 6.45) is 7.06. The maximum absolute atomic E-state index is 13.1. The molecule has 24 heavy (non-hydrogen) atoms. The number of methoxy groups -OCH3 is 1. The van der Waals surface area contributed by atoms with E-state index in [1.807, 2.05) is 18.2 Å². The molecule has 0 aromatic heterocycles. The first kappa shape index (κ1) is 19.1. The summed E-state index contributed by atoms with van der Waals surface area (Å²) < 4.78 is 5.53. The van der Waals surface area contributed by atoms with Crippen molar-refractivity contribution in [3.05, 3.63) is 29.8 Å². The fourth-order valence-electron chi connectivity index (χ4n) is 3.95. The topological polar surface area (TPSA) is 41.6 Å². The number of carbonyl (C=O) groups excluding carboxylic acids is 1. The van der Waals surface area contributed by atoms with Crippen LogP contribution in [0.25, 0.3) is 0 Å². The molecule has 1 aliphatic heterocycles. The Morgan fingerprint density at radius 2 is 1.88 bits per heavy atom. The SMILES string of the molecule is COc1ccccc1C1CNCCN1C(=O)C1CCCCCC1.Cl. The molecular weight excluding hydrogens is 324 g/mol. The lowest BCUT2D eigenvalue weighted by Crippen LogP contribution is -2.50. The molecule has 2 aliphatic rings. The van der Waals surface area contributed by atoms with Crippen molar-refractivity contribution in [2.75, 3.05) is 26.7 Å². The van der Waals surface area contributed by atoms with Crippen LogP contribution in [-0.2, 0) is 4.79 Å². The van der Waals surface area contributed by atoms with Gasteiger partial charge in [0.05, 0.1) is 13.2 Å². The molecule has 0 bridgehead atoms. The summed E-state index contributed by atoms with van der Waals surface area (Å²) in [4.78, 5) is 15.2. The minimum atomic E-state index is 0. The van der Waals surface area contributed by atoms with Crippen LogP contribution >= 0.6 is 12.4 Å².